The fourth-order valence-corrected chi connectivity index (χ4v) is 6.04. The number of hydrogen-bond acceptors (Lipinski definition) is 6. The molecule has 0 radical (unpaired) electrons. The Morgan fingerprint density at radius 2 is 1.72 bits per heavy atom. The van der Waals surface area contributed by atoms with Crippen LogP contribution in [0.5, 0.6) is 0 Å². The average molecular weight is 443 g/mol. The van der Waals surface area contributed by atoms with E-state index in [4.69, 9.17) is 4.98 Å². The van der Waals surface area contributed by atoms with Crippen molar-refractivity contribution in [3.05, 3.63) is 12.3 Å². The monoisotopic (exact) mass is 442 g/mol. The molecule has 3 fully saturated rings. The summed E-state index contributed by atoms with van der Waals surface area (Å²) in [7, 11) is 0. The standard InChI is InChI=1S/C26H46N6/c1-21(2)27-16-10-13-24-23(15-20-32(24)22-11-6-5-7-12-22)29-26-28-17-14-25(30-26)31-18-8-3-4-9-19-31/h14,17,21-24,27H,3-13,15-16,18-20H2,1-2H3,(H,28,29,30)/t23-,24+/m0/s1. The van der Waals surface area contributed by atoms with Gasteiger partial charge in [0.15, 0.2) is 0 Å². The van der Waals surface area contributed by atoms with Crippen LogP contribution in [0.1, 0.15) is 90.9 Å². The predicted molar refractivity (Wildman–Crippen MR) is 134 cm³/mol. The second-order valence-electron chi connectivity index (χ2n) is 10.5. The molecule has 6 heteroatoms. The molecule has 1 aromatic rings. The number of likely N-dealkylation sites (tertiary alicyclic amines) is 1. The zero-order valence-electron chi connectivity index (χ0n) is 20.6. The Morgan fingerprint density at radius 3 is 2.47 bits per heavy atom. The van der Waals surface area contributed by atoms with Crippen molar-refractivity contribution in [3.63, 3.8) is 0 Å². The number of anilines is 2. The molecule has 4 rings (SSSR count). The molecule has 0 spiro atoms. The van der Waals surface area contributed by atoms with E-state index in [1.807, 2.05) is 6.20 Å². The average Bonchev–Trinajstić information content (AvgIpc) is 3.01. The van der Waals surface area contributed by atoms with Gasteiger partial charge in [-0.1, -0.05) is 46.0 Å². The van der Waals surface area contributed by atoms with Crippen molar-refractivity contribution in [2.24, 2.45) is 0 Å². The summed E-state index contributed by atoms with van der Waals surface area (Å²) in [5.74, 6) is 1.93. The Hall–Kier alpha value is -1.40. The molecule has 3 aliphatic rings. The highest BCUT2D eigenvalue weighted by Crippen LogP contribution is 2.32. The molecule has 2 aliphatic heterocycles. The fraction of sp³-hybridized carbons (Fsp3) is 0.846. The Morgan fingerprint density at radius 1 is 0.969 bits per heavy atom. The van der Waals surface area contributed by atoms with Crippen LogP contribution in [0.4, 0.5) is 11.8 Å². The molecule has 3 heterocycles. The van der Waals surface area contributed by atoms with E-state index < -0.39 is 0 Å². The van der Waals surface area contributed by atoms with Crippen molar-refractivity contribution >= 4 is 11.8 Å². The van der Waals surface area contributed by atoms with Gasteiger partial charge < -0.3 is 15.5 Å². The molecule has 0 aromatic carbocycles. The van der Waals surface area contributed by atoms with E-state index in [9.17, 15) is 0 Å². The SMILES string of the molecule is CC(C)NCCC[C@@H]1[C@@H](Nc2nccc(N3CCCCCC3)n2)CCN1C1CCCCC1. The van der Waals surface area contributed by atoms with Gasteiger partial charge in [-0.2, -0.15) is 4.98 Å². The third kappa shape index (κ3) is 6.57. The van der Waals surface area contributed by atoms with Crippen LogP contribution in [0, 0.1) is 0 Å². The first-order valence-electron chi connectivity index (χ1n) is 13.5. The lowest BCUT2D eigenvalue weighted by Crippen LogP contribution is -2.45. The van der Waals surface area contributed by atoms with Crippen LogP contribution < -0.4 is 15.5 Å². The van der Waals surface area contributed by atoms with E-state index in [0.29, 0.717) is 18.1 Å². The molecule has 2 saturated heterocycles. The Labute approximate surface area is 196 Å². The third-order valence-electron chi connectivity index (χ3n) is 7.75. The number of nitrogens with one attached hydrogen (secondary N) is 2. The molecule has 2 N–H and O–H groups in total. The Balaban J connectivity index is 1.41. The predicted octanol–water partition coefficient (Wildman–Crippen LogP) is 4.82. The van der Waals surface area contributed by atoms with Crippen molar-refractivity contribution in [2.45, 2.75) is 115 Å². The Bertz CT molecular complexity index is 666. The minimum absolute atomic E-state index is 0.454. The van der Waals surface area contributed by atoms with Crippen molar-refractivity contribution in [1.29, 1.82) is 0 Å². The van der Waals surface area contributed by atoms with Crippen LogP contribution in [-0.4, -0.2) is 65.2 Å². The molecule has 0 bridgehead atoms. The topological polar surface area (TPSA) is 56.3 Å². The lowest BCUT2D eigenvalue weighted by molar-refractivity contribution is 0.132. The lowest BCUT2D eigenvalue weighted by atomic mass is 9.92. The minimum atomic E-state index is 0.454. The second-order valence-corrected chi connectivity index (χ2v) is 10.5. The van der Waals surface area contributed by atoms with Crippen molar-refractivity contribution in [2.75, 3.05) is 36.4 Å². The van der Waals surface area contributed by atoms with Crippen LogP contribution in [0.25, 0.3) is 0 Å². The van der Waals surface area contributed by atoms with Gasteiger partial charge in [0.1, 0.15) is 5.82 Å². The summed E-state index contributed by atoms with van der Waals surface area (Å²) in [6, 6.07) is 4.49. The summed E-state index contributed by atoms with van der Waals surface area (Å²) in [5.41, 5.74) is 0. The minimum Gasteiger partial charge on any atom is -0.356 e. The first kappa shape index (κ1) is 23.7. The molecule has 0 amide bonds. The highest BCUT2D eigenvalue weighted by molar-refractivity contribution is 5.43. The van der Waals surface area contributed by atoms with Crippen LogP contribution in [0.2, 0.25) is 0 Å². The molecule has 2 atom stereocenters. The molecular formula is C26H46N6. The van der Waals surface area contributed by atoms with Crippen LogP contribution in [0.3, 0.4) is 0 Å². The van der Waals surface area contributed by atoms with Gasteiger partial charge in [-0.05, 0) is 57.6 Å². The molecule has 180 valence electrons. The zero-order chi connectivity index (χ0) is 22.2. The quantitative estimate of drug-likeness (QED) is 0.535. The summed E-state index contributed by atoms with van der Waals surface area (Å²) in [6.45, 7) is 9.06. The smallest absolute Gasteiger partial charge is 0.224 e. The van der Waals surface area contributed by atoms with E-state index in [1.54, 1.807) is 0 Å². The number of aromatic nitrogens is 2. The molecule has 1 aliphatic carbocycles. The first-order chi connectivity index (χ1) is 15.7. The molecule has 32 heavy (non-hydrogen) atoms. The highest BCUT2D eigenvalue weighted by atomic mass is 15.3. The third-order valence-corrected chi connectivity index (χ3v) is 7.75. The number of nitrogens with zero attached hydrogens (tertiary/aromatic N) is 4. The molecule has 6 nitrogen and oxygen atoms in total. The number of rotatable bonds is 9. The second kappa shape index (κ2) is 12.2. The summed E-state index contributed by atoms with van der Waals surface area (Å²) < 4.78 is 0. The lowest BCUT2D eigenvalue weighted by Gasteiger charge is -2.37. The Kier molecular flexibility index (Phi) is 9.03. The van der Waals surface area contributed by atoms with E-state index in [2.05, 4.69) is 45.3 Å². The normalized spacial score (nSPS) is 25.9. The molecule has 0 unspecified atom stereocenters. The fourth-order valence-electron chi connectivity index (χ4n) is 6.04. The van der Waals surface area contributed by atoms with E-state index >= 15 is 0 Å². The van der Waals surface area contributed by atoms with Gasteiger partial charge in [-0.3, -0.25) is 4.90 Å². The molecule has 1 saturated carbocycles. The van der Waals surface area contributed by atoms with E-state index in [0.717, 1.165) is 37.4 Å². The van der Waals surface area contributed by atoms with Gasteiger partial charge in [0, 0.05) is 50.0 Å². The maximum Gasteiger partial charge on any atom is 0.224 e. The number of hydrogen-bond donors (Lipinski definition) is 2. The van der Waals surface area contributed by atoms with Gasteiger partial charge >= 0.3 is 0 Å². The van der Waals surface area contributed by atoms with E-state index in [1.165, 1.54) is 83.6 Å². The summed E-state index contributed by atoms with van der Waals surface area (Å²) in [5, 5.41) is 7.40. The zero-order valence-corrected chi connectivity index (χ0v) is 20.6. The molecule has 1 aromatic heterocycles. The summed E-state index contributed by atoms with van der Waals surface area (Å²) >= 11 is 0. The maximum atomic E-state index is 4.97. The van der Waals surface area contributed by atoms with Crippen LogP contribution in [0.15, 0.2) is 12.3 Å². The van der Waals surface area contributed by atoms with Gasteiger partial charge in [0.2, 0.25) is 5.95 Å². The van der Waals surface area contributed by atoms with Gasteiger partial charge in [-0.15, -0.1) is 0 Å². The van der Waals surface area contributed by atoms with E-state index in [-0.39, 0.29) is 0 Å². The largest absolute Gasteiger partial charge is 0.356 e. The van der Waals surface area contributed by atoms with Crippen molar-refractivity contribution < 1.29 is 0 Å². The maximum absolute atomic E-state index is 4.97. The summed E-state index contributed by atoms with van der Waals surface area (Å²) in [4.78, 5) is 14.9. The van der Waals surface area contributed by atoms with Crippen molar-refractivity contribution in [1.82, 2.24) is 20.2 Å². The molecular weight excluding hydrogens is 396 g/mol. The highest BCUT2D eigenvalue weighted by Gasteiger charge is 2.38. The first-order valence-corrected chi connectivity index (χ1v) is 13.5. The van der Waals surface area contributed by atoms with Gasteiger partial charge in [0.25, 0.3) is 0 Å². The van der Waals surface area contributed by atoms with Crippen LogP contribution >= 0.6 is 0 Å². The summed E-state index contributed by atoms with van der Waals surface area (Å²) in [6.07, 6.45) is 17.9. The van der Waals surface area contributed by atoms with Gasteiger partial charge in [0.05, 0.1) is 0 Å². The van der Waals surface area contributed by atoms with Crippen LogP contribution in [-0.2, 0) is 0 Å². The van der Waals surface area contributed by atoms with Gasteiger partial charge in [-0.25, -0.2) is 4.98 Å². The van der Waals surface area contributed by atoms with Crippen molar-refractivity contribution in [3.8, 4) is 0 Å².